The second kappa shape index (κ2) is 3.30. The molecule has 4 heteroatoms. The van der Waals surface area contributed by atoms with Gasteiger partial charge in [0.05, 0.1) is 12.3 Å². The molecule has 1 aliphatic rings. The molecule has 2 rings (SSSR count). The molecule has 1 N–H and O–H groups in total. The maximum absolute atomic E-state index is 9.15. The van der Waals surface area contributed by atoms with Crippen molar-refractivity contribution in [1.29, 1.82) is 0 Å². The van der Waals surface area contributed by atoms with E-state index in [1.54, 1.807) is 18.6 Å². The lowest BCUT2D eigenvalue weighted by atomic mass is 9.88. The van der Waals surface area contributed by atoms with Crippen molar-refractivity contribution in [1.82, 2.24) is 9.97 Å². The van der Waals surface area contributed by atoms with E-state index in [4.69, 9.17) is 5.11 Å². The fourth-order valence-electron chi connectivity index (χ4n) is 1.54. The van der Waals surface area contributed by atoms with Crippen LogP contribution in [-0.2, 0) is 0 Å². The average Bonchev–Trinajstić information content (AvgIpc) is 2.13. The molecule has 1 saturated carbocycles. The molecule has 1 aliphatic carbocycles. The van der Waals surface area contributed by atoms with Gasteiger partial charge in [-0.2, -0.15) is 0 Å². The number of hydrogen-bond acceptors (Lipinski definition) is 4. The highest BCUT2D eigenvalue weighted by atomic mass is 16.3. The molecular formula is C9H13N3O. The predicted octanol–water partition coefficient (Wildman–Crippen LogP) is 0.436. The van der Waals surface area contributed by atoms with Crippen LogP contribution in [0, 0.1) is 0 Å². The second-order valence-electron chi connectivity index (χ2n) is 3.45. The van der Waals surface area contributed by atoms with E-state index >= 15 is 0 Å². The zero-order valence-electron chi connectivity index (χ0n) is 7.59. The third kappa shape index (κ3) is 1.62. The molecule has 13 heavy (non-hydrogen) atoms. The van der Waals surface area contributed by atoms with E-state index in [1.165, 1.54) is 0 Å². The molecule has 0 radical (unpaired) electrons. The average molecular weight is 179 g/mol. The molecule has 0 atom stereocenters. The van der Waals surface area contributed by atoms with E-state index in [0.717, 1.165) is 18.7 Å². The Morgan fingerprint density at radius 1 is 1.46 bits per heavy atom. The summed E-state index contributed by atoms with van der Waals surface area (Å²) in [6.45, 7) is 0. The Hall–Kier alpha value is -1.16. The van der Waals surface area contributed by atoms with Gasteiger partial charge in [0.2, 0.25) is 0 Å². The van der Waals surface area contributed by atoms with Crippen molar-refractivity contribution in [2.45, 2.75) is 25.0 Å². The van der Waals surface area contributed by atoms with Crippen molar-refractivity contribution < 1.29 is 5.11 Å². The number of hydrogen-bond donors (Lipinski definition) is 1. The highest BCUT2D eigenvalue weighted by molar-refractivity contribution is 5.36. The van der Waals surface area contributed by atoms with E-state index < -0.39 is 0 Å². The first-order chi connectivity index (χ1) is 6.27. The van der Waals surface area contributed by atoms with Crippen molar-refractivity contribution in [2.24, 2.45) is 0 Å². The molecule has 1 aromatic rings. The predicted molar refractivity (Wildman–Crippen MR) is 49.5 cm³/mol. The first-order valence-electron chi connectivity index (χ1n) is 4.44. The molecule has 4 nitrogen and oxygen atoms in total. The van der Waals surface area contributed by atoms with Gasteiger partial charge in [-0.25, -0.2) is 4.98 Å². The van der Waals surface area contributed by atoms with Crippen LogP contribution in [0.4, 0.5) is 5.82 Å². The van der Waals surface area contributed by atoms with Gasteiger partial charge in [0, 0.05) is 25.5 Å². The van der Waals surface area contributed by atoms with Crippen LogP contribution in [0.1, 0.15) is 12.8 Å². The summed E-state index contributed by atoms with van der Waals surface area (Å²) >= 11 is 0. The van der Waals surface area contributed by atoms with Crippen LogP contribution in [0.2, 0.25) is 0 Å². The summed E-state index contributed by atoms with van der Waals surface area (Å²) in [6, 6.07) is 0.423. The Bertz CT molecular complexity index is 271. The minimum atomic E-state index is -0.121. The largest absolute Gasteiger partial charge is 0.393 e. The van der Waals surface area contributed by atoms with Gasteiger partial charge < -0.3 is 10.0 Å². The van der Waals surface area contributed by atoms with Crippen molar-refractivity contribution in [3.63, 3.8) is 0 Å². The molecule has 0 aliphatic heterocycles. The van der Waals surface area contributed by atoms with Gasteiger partial charge in [-0.05, 0) is 12.8 Å². The van der Waals surface area contributed by atoms with E-state index in [-0.39, 0.29) is 6.10 Å². The van der Waals surface area contributed by atoms with Crippen LogP contribution in [0.25, 0.3) is 0 Å². The van der Waals surface area contributed by atoms with E-state index in [9.17, 15) is 0 Å². The third-order valence-corrected chi connectivity index (χ3v) is 2.55. The highest BCUT2D eigenvalue weighted by Crippen LogP contribution is 2.26. The Labute approximate surface area is 77.2 Å². The van der Waals surface area contributed by atoms with Gasteiger partial charge in [-0.15, -0.1) is 0 Å². The summed E-state index contributed by atoms with van der Waals surface area (Å²) in [5.41, 5.74) is 0. The lowest BCUT2D eigenvalue weighted by molar-refractivity contribution is 0.0748. The van der Waals surface area contributed by atoms with Crippen LogP contribution < -0.4 is 4.90 Å². The summed E-state index contributed by atoms with van der Waals surface area (Å²) < 4.78 is 0. The maximum atomic E-state index is 9.15. The summed E-state index contributed by atoms with van der Waals surface area (Å²) in [4.78, 5) is 10.3. The van der Waals surface area contributed by atoms with Crippen LogP contribution in [0.15, 0.2) is 18.6 Å². The van der Waals surface area contributed by atoms with Gasteiger partial charge in [-0.1, -0.05) is 0 Å². The highest BCUT2D eigenvalue weighted by Gasteiger charge is 2.30. The van der Waals surface area contributed by atoms with Gasteiger partial charge in [0.1, 0.15) is 5.82 Å². The number of rotatable bonds is 2. The van der Waals surface area contributed by atoms with E-state index in [2.05, 4.69) is 14.9 Å². The minimum absolute atomic E-state index is 0.121. The van der Waals surface area contributed by atoms with Crippen molar-refractivity contribution >= 4 is 5.82 Å². The molecule has 0 aromatic carbocycles. The summed E-state index contributed by atoms with van der Waals surface area (Å²) in [5.74, 6) is 0.874. The van der Waals surface area contributed by atoms with Crippen molar-refractivity contribution in [2.75, 3.05) is 11.9 Å². The Kier molecular flexibility index (Phi) is 2.14. The zero-order chi connectivity index (χ0) is 9.26. The lowest BCUT2D eigenvalue weighted by Gasteiger charge is -2.38. The monoisotopic (exact) mass is 179 g/mol. The molecule has 0 saturated heterocycles. The SMILES string of the molecule is CN(c1cnccn1)C1CC(O)C1. The lowest BCUT2D eigenvalue weighted by Crippen LogP contribution is -2.45. The topological polar surface area (TPSA) is 49.2 Å². The third-order valence-electron chi connectivity index (χ3n) is 2.55. The molecule has 1 aromatic heterocycles. The first kappa shape index (κ1) is 8.44. The van der Waals surface area contributed by atoms with Gasteiger partial charge >= 0.3 is 0 Å². The summed E-state index contributed by atoms with van der Waals surface area (Å²) in [5, 5.41) is 9.15. The Morgan fingerprint density at radius 3 is 2.77 bits per heavy atom. The fraction of sp³-hybridized carbons (Fsp3) is 0.556. The second-order valence-corrected chi connectivity index (χ2v) is 3.45. The molecule has 1 heterocycles. The number of aliphatic hydroxyl groups is 1. The number of nitrogens with zero attached hydrogens (tertiary/aromatic N) is 3. The van der Waals surface area contributed by atoms with Crippen LogP contribution in [-0.4, -0.2) is 34.3 Å². The maximum Gasteiger partial charge on any atom is 0.147 e. The molecule has 0 unspecified atom stereocenters. The molecule has 0 amide bonds. The molecule has 0 bridgehead atoms. The van der Waals surface area contributed by atoms with Crippen molar-refractivity contribution in [3.8, 4) is 0 Å². The van der Waals surface area contributed by atoms with Crippen LogP contribution in [0.3, 0.4) is 0 Å². The molecule has 70 valence electrons. The van der Waals surface area contributed by atoms with E-state index in [0.29, 0.717) is 6.04 Å². The zero-order valence-corrected chi connectivity index (χ0v) is 7.59. The summed E-state index contributed by atoms with van der Waals surface area (Å²) in [6.07, 6.45) is 6.64. The Morgan fingerprint density at radius 2 is 2.23 bits per heavy atom. The molecule has 1 fully saturated rings. The Balaban J connectivity index is 2.02. The quantitative estimate of drug-likeness (QED) is 0.715. The minimum Gasteiger partial charge on any atom is -0.393 e. The number of anilines is 1. The number of aliphatic hydroxyl groups excluding tert-OH is 1. The standard InChI is InChI=1S/C9H13N3O/c1-12(7-4-8(13)5-7)9-6-10-2-3-11-9/h2-3,6-8,13H,4-5H2,1H3. The van der Waals surface area contributed by atoms with Gasteiger partial charge in [0.15, 0.2) is 0 Å². The van der Waals surface area contributed by atoms with Crippen molar-refractivity contribution in [3.05, 3.63) is 18.6 Å². The van der Waals surface area contributed by atoms with Crippen LogP contribution >= 0.6 is 0 Å². The fourth-order valence-corrected chi connectivity index (χ4v) is 1.54. The van der Waals surface area contributed by atoms with Gasteiger partial charge in [0.25, 0.3) is 0 Å². The molecular weight excluding hydrogens is 166 g/mol. The smallest absolute Gasteiger partial charge is 0.147 e. The first-order valence-corrected chi connectivity index (χ1v) is 4.44. The summed E-state index contributed by atoms with van der Waals surface area (Å²) in [7, 11) is 1.99. The normalized spacial score (nSPS) is 26.6. The van der Waals surface area contributed by atoms with E-state index in [1.807, 2.05) is 7.05 Å². The van der Waals surface area contributed by atoms with Gasteiger partial charge in [-0.3, -0.25) is 4.98 Å². The molecule has 0 spiro atoms. The van der Waals surface area contributed by atoms with Crippen LogP contribution in [0.5, 0.6) is 0 Å². The number of aromatic nitrogens is 2.